The molecule has 0 spiro atoms. The van der Waals surface area contributed by atoms with Gasteiger partial charge in [-0.2, -0.15) is 0 Å². The summed E-state index contributed by atoms with van der Waals surface area (Å²) < 4.78 is 0. The van der Waals surface area contributed by atoms with Crippen LogP contribution < -0.4 is 5.32 Å². The number of aromatic nitrogens is 2. The Labute approximate surface area is 166 Å². The lowest BCUT2D eigenvalue weighted by atomic mass is 9.83. The summed E-state index contributed by atoms with van der Waals surface area (Å²) in [5, 5.41) is 3.06. The van der Waals surface area contributed by atoms with E-state index in [9.17, 15) is 9.59 Å². The van der Waals surface area contributed by atoms with Crippen LogP contribution in [-0.4, -0.2) is 39.8 Å². The number of nitrogens with one attached hydrogen (secondary N) is 1. The van der Waals surface area contributed by atoms with Crippen LogP contribution in [0.15, 0.2) is 49.1 Å². The van der Waals surface area contributed by atoms with Crippen molar-refractivity contribution in [2.75, 3.05) is 13.1 Å². The Bertz CT molecular complexity index is 780. The van der Waals surface area contributed by atoms with Gasteiger partial charge in [-0.25, -0.2) is 0 Å². The Balaban J connectivity index is 1.74. The maximum Gasteiger partial charge on any atom is 0.225 e. The van der Waals surface area contributed by atoms with E-state index in [-0.39, 0.29) is 23.8 Å². The molecule has 0 unspecified atom stereocenters. The van der Waals surface area contributed by atoms with Crippen LogP contribution in [0.2, 0.25) is 0 Å². The molecule has 1 N–H and O–H groups in total. The molecule has 1 fully saturated rings. The fourth-order valence-electron chi connectivity index (χ4n) is 3.81. The van der Waals surface area contributed by atoms with E-state index in [4.69, 9.17) is 0 Å². The van der Waals surface area contributed by atoms with Gasteiger partial charge in [0, 0.05) is 44.3 Å². The number of amides is 2. The first-order valence-electron chi connectivity index (χ1n) is 9.92. The van der Waals surface area contributed by atoms with Crippen molar-refractivity contribution < 1.29 is 9.59 Å². The average molecular weight is 380 g/mol. The zero-order valence-electron chi connectivity index (χ0n) is 16.5. The van der Waals surface area contributed by atoms with Crippen molar-refractivity contribution in [2.45, 2.75) is 39.2 Å². The van der Waals surface area contributed by atoms with Gasteiger partial charge < -0.3 is 10.2 Å². The van der Waals surface area contributed by atoms with Gasteiger partial charge >= 0.3 is 0 Å². The Morgan fingerprint density at radius 3 is 2.61 bits per heavy atom. The van der Waals surface area contributed by atoms with Crippen LogP contribution in [-0.2, 0) is 16.0 Å². The molecule has 6 nitrogen and oxygen atoms in total. The second-order valence-corrected chi connectivity index (χ2v) is 7.72. The number of carbonyl (C=O) groups is 2. The van der Waals surface area contributed by atoms with Crippen LogP contribution in [0.3, 0.4) is 0 Å². The number of piperidine rings is 1. The maximum atomic E-state index is 13.0. The number of rotatable bonds is 7. The zero-order valence-corrected chi connectivity index (χ0v) is 16.5. The van der Waals surface area contributed by atoms with Gasteiger partial charge in [0.2, 0.25) is 11.8 Å². The van der Waals surface area contributed by atoms with Gasteiger partial charge in [-0.3, -0.25) is 19.6 Å². The molecule has 0 bridgehead atoms. The monoisotopic (exact) mass is 380 g/mol. The molecule has 3 heterocycles. The molecular weight excluding hydrogens is 352 g/mol. The van der Waals surface area contributed by atoms with Crippen molar-refractivity contribution in [1.82, 2.24) is 20.2 Å². The van der Waals surface area contributed by atoms with Gasteiger partial charge in [-0.1, -0.05) is 26.0 Å². The quantitative estimate of drug-likeness (QED) is 0.801. The van der Waals surface area contributed by atoms with E-state index >= 15 is 0 Å². The first-order valence-corrected chi connectivity index (χ1v) is 9.92. The number of nitrogens with zero attached hydrogens (tertiary/aromatic N) is 3. The summed E-state index contributed by atoms with van der Waals surface area (Å²) in [7, 11) is 0. The lowest BCUT2D eigenvalue weighted by Crippen LogP contribution is -2.49. The highest BCUT2D eigenvalue weighted by Crippen LogP contribution is 2.37. The van der Waals surface area contributed by atoms with Crippen molar-refractivity contribution >= 4 is 11.8 Å². The van der Waals surface area contributed by atoms with Crippen molar-refractivity contribution in [3.8, 4) is 0 Å². The second kappa shape index (κ2) is 9.44. The number of hydrogen-bond donors (Lipinski definition) is 1. The summed E-state index contributed by atoms with van der Waals surface area (Å²) in [6.45, 7) is 5.37. The molecule has 0 saturated carbocycles. The molecule has 2 amide bonds. The minimum Gasteiger partial charge on any atom is -0.355 e. The number of hydrogen-bond acceptors (Lipinski definition) is 4. The third-order valence-electron chi connectivity index (χ3n) is 5.07. The largest absolute Gasteiger partial charge is 0.355 e. The Morgan fingerprint density at radius 1 is 1.21 bits per heavy atom. The van der Waals surface area contributed by atoms with E-state index in [0.717, 1.165) is 17.5 Å². The van der Waals surface area contributed by atoms with Gasteiger partial charge in [0.25, 0.3) is 0 Å². The number of likely N-dealkylation sites (tertiary alicyclic amines) is 1. The highest BCUT2D eigenvalue weighted by Gasteiger charge is 2.40. The van der Waals surface area contributed by atoms with E-state index in [1.807, 2.05) is 35.4 Å². The Morgan fingerprint density at radius 2 is 1.96 bits per heavy atom. The fraction of sp³-hybridized carbons (Fsp3) is 0.455. The smallest absolute Gasteiger partial charge is 0.225 e. The minimum atomic E-state index is -0.269. The van der Waals surface area contributed by atoms with E-state index in [1.54, 1.807) is 18.6 Å². The molecule has 1 aliphatic rings. The lowest BCUT2D eigenvalue weighted by Gasteiger charge is -2.41. The number of carbonyl (C=O) groups excluding carboxylic acids is 2. The Kier molecular flexibility index (Phi) is 6.74. The fourth-order valence-corrected chi connectivity index (χ4v) is 3.81. The van der Waals surface area contributed by atoms with E-state index in [2.05, 4.69) is 29.1 Å². The summed E-state index contributed by atoms with van der Waals surface area (Å²) in [6.07, 6.45) is 8.74. The molecule has 0 aliphatic carbocycles. The van der Waals surface area contributed by atoms with Crippen LogP contribution in [0.1, 0.15) is 43.9 Å². The van der Waals surface area contributed by atoms with Crippen molar-refractivity contribution in [3.63, 3.8) is 0 Å². The first-order chi connectivity index (χ1) is 13.6. The summed E-state index contributed by atoms with van der Waals surface area (Å²) >= 11 is 0. The molecule has 6 heteroatoms. The van der Waals surface area contributed by atoms with E-state index in [0.29, 0.717) is 31.8 Å². The summed E-state index contributed by atoms with van der Waals surface area (Å²) in [4.78, 5) is 35.9. The Hall–Kier alpha value is -2.76. The molecule has 1 aliphatic heterocycles. The third-order valence-corrected chi connectivity index (χ3v) is 5.07. The van der Waals surface area contributed by atoms with Crippen molar-refractivity contribution in [1.29, 1.82) is 0 Å². The molecule has 3 rings (SSSR count). The SMILES string of the molecule is CC(C)CN1C(=O)CC[C@@H](C(=O)NCCc2cccnc2)[C@@H]1c1cccnc1. The predicted molar refractivity (Wildman–Crippen MR) is 107 cm³/mol. The van der Waals surface area contributed by atoms with Gasteiger partial charge in [0.05, 0.1) is 12.0 Å². The van der Waals surface area contributed by atoms with Gasteiger partial charge in [-0.05, 0) is 42.0 Å². The van der Waals surface area contributed by atoms with Crippen LogP contribution in [0, 0.1) is 11.8 Å². The van der Waals surface area contributed by atoms with Crippen molar-refractivity contribution in [2.24, 2.45) is 11.8 Å². The predicted octanol–water partition coefficient (Wildman–Crippen LogP) is 2.77. The normalized spacial score (nSPS) is 19.7. The summed E-state index contributed by atoms with van der Waals surface area (Å²) in [6, 6.07) is 7.45. The topological polar surface area (TPSA) is 75.2 Å². The highest BCUT2D eigenvalue weighted by atomic mass is 16.2. The number of pyridine rings is 2. The molecule has 2 aromatic rings. The average Bonchev–Trinajstić information content (AvgIpc) is 2.70. The summed E-state index contributed by atoms with van der Waals surface area (Å²) in [5.74, 6) is 0.172. The minimum absolute atomic E-state index is 0.000926. The van der Waals surface area contributed by atoms with E-state index < -0.39 is 0 Å². The van der Waals surface area contributed by atoms with E-state index in [1.165, 1.54) is 0 Å². The van der Waals surface area contributed by atoms with Gasteiger partial charge in [0.15, 0.2) is 0 Å². The highest BCUT2D eigenvalue weighted by molar-refractivity contribution is 5.85. The van der Waals surface area contributed by atoms with Crippen LogP contribution in [0.25, 0.3) is 0 Å². The summed E-state index contributed by atoms with van der Waals surface area (Å²) in [5.41, 5.74) is 2.01. The third kappa shape index (κ3) is 4.94. The second-order valence-electron chi connectivity index (χ2n) is 7.72. The molecule has 2 aromatic heterocycles. The van der Waals surface area contributed by atoms with Crippen LogP contribution in [0.5, 0.6) is 0 Å². The van der Waals surface area contributed by atoms with Gasteiger partial charge in [-0.15, -0.1) is 0 Å². The van der Waals surface area contributed by atoms with Crippen molar-refractivity contribution in [3.05, 3.63) is 60.2 Å². The molecule has 0 radical (unpaired) electrons. The molecule has 1 saturated heterocycles. The van der Waals surface area contributed by atoms with Gasteiger partial charge in [0.1, 0.15) is 0 Å². The molecule has 28 heavy (non-hydrogen) atoms. The van der Waals surface area contributed by atoms with Crippen LogP contribution >= 0.6 is 0 Å². The van der Waals surface area contributed by atoms with Crippen LogP contribution in [0.4, 0.5) is 0 Å². The maximum absolute atomic E-state index is 13.0. The molecule has 2 atom stereocenters. The molecule has 148 valence electrons. The standard InChI is InChI=1S/C22H28N4O2/c1-16(2)15-26-20(27)8-7-19(21(26)18-6-4-11-24-14-18)22(28)25-12-9-17-5-3-10-23-13-17/h3-6,10-11,13-14,16,19,21H,7-9,12,15H2,1-2H3,(H,25,28)/t19-,21+/m1/s1. The lowest BCUT2D eigenvalue weighted by molar-refractivity contribution is -0.144. The zero-order chi connectivity index (χ0) is 19.9. The molecule has 0 aromatic carbocycles. The molecular formula is C22H28N4O2. The first kappa shape index (κ1) is 20.0.